The minimum absolute atomic E-state index is 0.0224. The van der Waals surface area contributed by atoms with Crippen molar-refractivity contribution in [3.63, 3.8) is 0 Å². The summed E-state index contributed by atoms with van der Waals surface area (Å²) >= 11 is 0. The molecule has 106 valence electrons. The van der Waals surface area contributed by atoms with E-state index < -0.39 is 4.92 Å². The van der Waals surface area contributed by atoms with Gasteiger partial charge in [0, 0.05) is 11.5 Å². The molecule has 0 atom stereocenters. The highest BCUT2D eigenvalue weighted by molar-refractivity contribution is 5.99. The first kappa shape index (κ1) is 14.3. The van der Waals surface area contributed by atoms with E-state index in [1.54, 1.807) is 6.07 Å². The number of aryl methyl sites for hydroxylation is 1. The van der Waals surface area contributed by atoms with Crippen molar-refractivity contribution < 1.29 is 4.92 Å². The minimum Gasteiger partial charge on any atom is -0.393 e. The van der Waals surface area contributed by atoms with E-state index >= 15 is 0 Å². The van der Waals surface area contributed by atoms with E-state index in [0.29, 0.717) is 0 Å². The van der Waals surface area contributed by atoms with Gasteiger partial charge in [0.1, 0.15) is 5.69 Å². The molecule has 4 heteroatoms. The summed E-state index contributed by atoms with van der Waals surface area (Å²) < 4.78 is 0. The molecule has 0 radical (unpaired) electrons. The van der Waals surface area contributed by atoms with Gasteiger partial charge in [0.25, 0.3) is 5.69 Å². The number of hydrogen-bond donors (Lipinski definition) is 1. The van der Waals surface area contributed by atoms with Gasteiger partial charge < -0.3 is 5.73 Å². The van der Waals surface area contributed by atoms with Crippen molar-refractivity contribution >= 4 is 22.1 Å². The Balaban J connectivity index is 2.41. The molecule has 0 amide bonds. The third-order valence-electron chi connectivity index (χ3n) is 3.65. The summed E-state index contributed by atoms with van der Waals surface area (Å²) in [5.74, 6) is 0. The van der Waals surface area contributed by atoms with E-state index in [4.69, 9.17) is 5.73 Å². The van der Waals surface area contributed by atoms with Gasteiger partial charge in [-0.05, 0) is 23.8 Å². The second kappa shape index (κ2) is 6.37. The highest BCUT2D eigenvalue weighted by Gasteiger charge is 2.17. The Morgan fingerprint density at radius 1 is 1.15 bits per heavy atom. The zero-order valence-electron chi connectivity index (χ0n) is 11.8. The Kier molecular flexibility index (Phi) is 4.56. The van der Waals surface area contributed by atoms with Gasteiger partial charge in [-0.1, -0.05) is 50.5 Å². The first-order valence-electron chi connectivity index (χ1n) is 7.09. The zero-order chi connectivity index (χ0) is 14.5. The molecular weight excluding hydrogens is 252 g/mol. The third kappa shape index (κ3) is 2.90. The lowest BCUT2D eigenvalue weighted by Gasteiger charge is -2.09. The molecule has 0 heterocycles. The fourth-order valence-electron chi connectivity index (χ4n) is 2.56. The van der Waals surface area contributed by atoms with Crippen molar-refractivity contribution in [2.24, 2.45) is 0 Å². The average Bonchev–Trinajstić information content (AvgIpc) is 2.45. The normalized spacial score (nSPS) is 10.8. The number of benzene rings is 2. The molecule has 0 saturated heterocycles. The first-order chi connectivity index (χ1) is 9.65. The molecule has 2 rings (SSSR count). The molecule has 2 aromatic rings. The maximum atomic E-state index is 11.1. The smallest absolute Gasteiger partial charge is 0.293 e. The summed E-state index contributed by atoms with van der Waals surface area (Å²) in [4.78, 5) is 10.7. The van der Waals surface area contributed by atoms with Crippen LogP contribution in [0, 0.1) is 10.1 Å². The summed E-state index contributed by atoms with van der Waals surface area (Å²) in [6.07, 6.45) is 5.46. The number of fused-ring (bicyclic) bond motifs is 1. The largest absolute Gasteiger partial charge is 0.393 e. The predicted octanol–water partition coefficient (Wildman–Crippen LogP) is 4.45. The number of anilines is 1. The number of nitro groups is 1. The molecule has 0 spiro atoms. The van der Waals surface area contributed by atoms with Crippen LogP contribution in [0.4, 0.5) is 11.4 Å². The number of rotatable bonds is 6. The molecular formula is C16H20N2O2. The van der Waals surface area contributed by atoms with Crippen LogP contribution in [0.15, 0.2) is 30.3 Å². The summed E-state index contributed by atoms with van der Waals surface area (Å²) in [5, 5.41) is 12.9. The topological polar surface area (TPSA) is 69.2 Å². The summed E-state index contributed by atoms with van der Waals surface area (Å²) in [7, 11) is 0. The number of hydrogen-bond acceptors (Lipinski definition) is 3. The second-order valence-corrected chi connectivity index (χ2v) is 5.08. The van der Waals surface area contributed by atoms with Crippen LogP contribution in [0.1, 0.15) is 38.2 Å². The monoisotopic (exact) mass is 272 g/mol. The van der Waals surface area contributed by atoms with Crippen molar-refractivity contribution in [2.75, 3.05) is 5.73 Å². The Morgan fingerprint density at radius 3 is 2.50 bits per heavy atom. The lowest BCUT2D eigenvalue weighted by atomic mass is 9.97. The maximum Gasteiger partial charge on any atom is 0.293 e. The Hall–Kier alpha value is -2.10. The molecule has 2 aromatic carbocycles. The van der Waals surface area contributed by atoms with Gasteiger partial charge in [-0.2, -0.15) is 0 Å². The Morgan fingerprint density at radius 2 is 1.85 bits per heavy atom. The van der Waals surface area contributed by atoms with Gasteiger partial charge in [-0.25, -0.2) is 0 Å². The van der Waals surface area contributed by atoms with Crippen LogP contribution >= 0.6 is 0 Å². The molecule has 0 aromatic heterocycles. The molecule has 4 nitrogen and oxygen atoms in total. The van der Waals surface area contributed by atoms with Gasteiger partial charge >= 0.3 is 0 Å². The summed E-state index contributed by atoms with van der Waals surface area (Å²) in [6, 6.07) is 9.30. The highest BCUT2D eigenvalue weighted by atomic mass is 16.6. The summed E-state index contributed by atoms with van der Waals surface area (Å²) in [5.41, 5.74) is 7.24. The SMILES string of the molecule is CCCCCCc1cc([N+](=O)[O-])c(N)c2ccccc12. The Bertz CT molecular complexity index is 623. The molecule has 0 aliphatic heterocycles. The fraction of sp³-hybridized carbons (Fsp3) is 0.375. The van der Waals surface area contributed by atoms with Crippen molar-refractivity contribution in [1.82, 2.24) is 0 Å². The molecule has 0 fully saturated rings. The van der Waals surface area contributed by atoms with E-state index in [2.05, 4.69) is 6.92 Å². The quantitative estimate of drug-likeness (QED) is 0.365. The van der Waals surface area contributed by atoms with Crippen LogP contribution in [0.2, 0.25) is 0 Å². The molecule has 0 aliphatic rings. The van der Waals surface area contributed by atoms with Crippen molar-refractivity contribution in [3.8, 4) is 0 Å². The lowest BCUT2D eigenvalue weighted by Crippen LogP contribution is -1.99. The van der Waals surface area contributed by atoms with E-state index in [1.165, 1.54) is 12.8 Å². The fourth-order valence-corrected chi connectivity index (χ4v) is 2.56. The standard InChI is InChI=1S/C16H20N2O2/c1-2-3-4-5-8-12-11-15(18(19)20)16(17)14-10-7-6-9-13(12)14/h6-7,9-11H,2-5,8,17H2,1H3. The van der Waals surface area contributed by atoms with E-state index in [-0.39, 0.29) is 11.4 Å². The molecule has 0 bridgehead atoms. The first-order valence-corrected chi connectivity index (χ1v) is 7.09. The number of unbranched alkanes of at least 4 members (excludes halogenated alkanes) is 3. The van der Waals surface area contributed by atoms with Crippen molar-refractivity contribution in [3.05, 3.63) is 46.0 Å². The number of nitrogen functional groups attached to an aromatic ring is 1. The minimum atomic E-state index is -0.392. The van der Waals surface area contributed by atoms with Gasteiger partial charge in [0.15, 0.2) is 0 Å². The average molecular weight is 272 g/mol. The highest BCUT2D eigenvalue weighted by Crippen LogP contribution is 2.34. The van der Waals surface area contributed by atoms with Crippen LogP contribution in [0.3, 0.4) is 0 Å². The molecule has 2 N–H and O–H groups in total. The van der Waals surface area contributed by atoms with Crippen LogP contribution in [-0.4, -0.2) is 4.92 Å². The van der Waals surface area contributed by atoms with Gasteiger partial charge in [0.2, 0.25) is 0 Å². The van der Waals surface area contributed by atoms with Gasteiger partial charge in [0.05, 0.1) is 4.92 Å². The third-order valence-corrected chi connectivity index (χ3v) is 3.65. The molecule has 20 heavy (non-hydrogen) atoms. The van der Waals surface area contributed by atoms with Crippen LogP contribution < -0.4 is 5.73 Å². The lowest BCUT2D eigenvalue weighted by molar-refractivity contribution is -0.383. The van der Waals surface area contributed by atoms with E-state index in [9.17, 15) is 10.1 Å². The summed E-state index contributed by atoms with van der Waals surface area (Å²) in [6.45, 7) is 2.17. The van der Waals surface area contributed by atoms with E-state index in [0.717, 1.165) is 35.6 Å². The molecule has 0 saturated carbocycles. The molecule has 0 unspecified atom stereocenters. The van der Waals surface area contributed by atoms with Crippen LogP contribution in [0.5, 0.6) is 0 Å². The van der Waals surface area contributed by atoms with Gasteiger partial charge in [-0.3, -0.25) is 10.1 Å². The van der Waals surface area contributed by atoms with Crippen LogP contribution in [-0.2, 0) is 6.42 Å². The number of nitrogens with zero attached hydrogens (tertiary/aromatic N) is 1. The second-order valence-electron chi connectivity index (χ2n) is 5.08. The van der Waals surface area contributed by atoms with Crippen molar-refractivity contribution in [2.45, 2.75) is 39.0 Å². The molecule has 0 aliphatic carbocycles. The van der Waals surface area contributed by atoms with E-state index in [1.807, 2.05) is 24.3 Å². The zero-order valence-corrected chi connectivity index (χ0v) is 11.8. The predicted molar refractivity (Wildman–Crippen MR) is 82.9 cm³/mol. The van der Waals surface area contributed by atoms with Crippen LogP contribution in [0.25, 0.3) is 10.8 Å². The van der Waals surface area contributed by atoms with Gasteiger partial charge in [-0.15, -0.1) is 0 Å². The number of nitrogens with two attached hydrogens (primary N) is 1. The maximum absolute atomic E-state index is 11.1. The van der Waals surface area contributed by atoms with Crippen molar-refractivity contribution in [1.29, 1.82) is 0 Å². The Labute approximate surface area is 118 Å². The number of nitro benzene ring substituents is 1.